The van der Waals surface area contributed by atoms with E-state index >= 15 is 0 Å². The molecule has 5 nitrogen and oxygen atoms in total. The Morgan fingerprint density at radius 2 is 2.09 bits per heavy atom. The summed E-state index contributed by atoms with van der Waals surface area (Å²) in [6, 6.07) is 12.4. The van der Waals surface area contributed by atoms with Crippen LogP contribution in [0.3, 0.4) is 0 Å². The van der Waals surface area contributed by atoms with Crippen molar-refractivity contribution >= 4 is 34.4 Å². The number of nitrogens with zero attached hydrogens (tertiary/aromatic N) is 2. The number of fused-ring (bicyclic) bond motifs is 1. The molecule has 23 heavy (non-hydrogen) atoms. The molecule has 0 aliphatic carbocycles. The SMILES string of the molecule is COc1ccc(/C=N\Nc2ccnc3cc(Cl)ccc23)cc1O. The summed E-state index contributed by atoms with van der Waals surface area (Å²) in [6.07, 6.45) is 3.30. The monoisotopic (exact) mass is 327 g/mol. The average Bonchev–Trinajstić information content (AvgIpc) is 2.55. The van der Waals surface area contributed by atoms with E-state index in [1.807, 2.05) is 18.2 Å². The van der Waals surface area contributed by atoms with Gasteiger partial charge in [0.05, 0.1) is 24.5 Å². The molecule has 0 atom stereocenters. The topological polar surface area (TPSA) is 66.7 Å². The molecule has 1 heterocycles. The zero-order valence-corrected chi connectivity index (χ0v) is 13.1. The van der Waals surface area contributed by atoms with Gasteiger partial charge in [0.15, 0.2) is 11.5 Å². The van der Waals surface area contributed by atoms with Crippen molar-refractivity contribution in [2.75, 3.05) is 12.5 Å². The van der Waals surface area contributed by atoms with E-state index in [2.05, 4.69) is 15.5 Å². The van der Waals surface area contributed by atoms with Gasteiger partial charge in [-0.25, -0.2) is 0 Å². The van der Waals surface area contributed by atoms with Crippen molar-refractivity contribution in [3.63, 3.8) is 0 Å². The van der Waals surface area contributed by atoms with E-state index < -0.39 is 0 Å². The third-order valence-corrected chi connectivity index (χ3v) is 3.54. The van der Waals surface area contributed by atoms with Crippen LogP contribution in [-0.2, 0) is 0 Å². The second kappa shape index (κ2) is 6.54. The Balaban J connectivity index is 1.82. The molecule has 1 aromatic heterocycles. The highest BCUT2D eigenvalue weighted by molar-refractivity contribution is 6.31. The molecule has 0 saturated carbocycles. The van der Waals surface area contributed by atoms with Crippen LogP contribution < -0.4 is 10.2 Å². The number of phenolic OH excluding ortho intramolecular Hbond substituents is 1. The number of halogens is 1. The summed E-state index contributed by atoms with van der Waals surface area (Å²) >= 11 is 5.97. The van der Waals surface area contributed by atoms with E-state index in [9.17, 15) is 5.11 Å². The lowest BCUT2D eigenvalue weighted by atomic mass is 10.2. The van der Waals surface area contributed by atoms with Gasteiger partial charge in [-0.15, -0.1) is 0 Å². The van der Waals surface area contributed by atoms with Crippen molar-refractivity contribution in [1.29, 1.82) is 0 Å². The lowest BCUT2D eigenvalue weighted by Gasteiger charge is -2.06. The van der Waals surface area contributed by atoms with E-state index in [-0.39, 0.29) is 5.75 Å². The van der Waals surface area contributed by atoms with E-state index in [1.54, 1.807) is 36.7 Å². The Morgan fingerprint density at radius 3 is 2.87 bits per heavy atom. The van der Waals surface area contributed by atoms with Gasteiger partial charge in [0.2, 0.25) is 0 Å². The molecule has 0 amide bonds. The molecular formula is C17H14ClN3O2. The van der Waals surface area contributed by atoms with Crippen molar-refractivity contribution in [1.82, 2.24) is 4.98 Å². The van der Waals surface area contributed by atoms with Crippen LogP contribution in [0.2, 0.25) is 5.02 Å². The molecule has 0 saturated heterocycles. The molecule has 3 aromatic rings. The predicted octanol–water partition coefficient (Wildman–Crippen LogP) is 4.05. The molecule has 116 valence electrons. The number of aromatic nitrogens is 1. The Bertz CT molecular complexity index is 881. The average molecular weight is 328 g/mol. The van der Waals surface area contributed by atoms with E-state index in [0.29, 0.717) is 10.8 Å². The second-order valence-corrected chi connectivity index (χ2v) is 5.26. The van der Waals surface area contributed by atoms with E-state index in [0.717, 1.165) is 22.2 Å². The molecule has 0 aliphatic rings. The Kier molecular flexibility index (Phi) is 4.30. The minimum atomic E-state index is 0.0699. The number of anilines is 1. The number of hydrogen-bond donors (Lipinski definition) is 2. The van der Waals surface area contributed by atoms with Crippen LogP contribution >= 0.6 is 11.6 Å². The highest BCUT2D eigenvalue weighted by atomic mass is 35.5. The normalized spacial score (nSPS) is 11.0. The number of phenols is 1. The number of hydrogen-bond acceptors (Lipinski definition) is 5. The maximum atomic E-state index is 9.75. The molecule has 0 bridgehead atoms. The summed E-state index contributed by atoms with van der Waals surface area (Å²) in [4.78, 5) is 4.28. The lowest BCUT2D eigenvalue weighted by Crippen LogP contribution is -1.93. The van der Waals surface area contributed by atoms with Crippen molar-refractivity contribution in [3.8, 4) is 11.5 Å². The van der Waals surface area contributed by atoms with Crippen molar-refractivity contribution in [2.24, 2.45) is 5.10 Å². The second-order valence-electron chi connectivity index (χ2n) is 4.82. The van der Waals surface area contributed by atoms with Crippen LogP contribution in [0.25, 0.3) is 10.9 Å². The van der Waals surface area contributed by atoms with Crippen LogP contribution in [0.4, 0.5) is 5.69 Å². The third kappa shape index (κ3) is 3.35. The molecule has 0 fully saturated rings. The van der Waals surface area contributed by atoms with Gasteiger partial charge in [-0.05, 0) is 48.0 Å². The number of ether oxygens (including phenoxy) is 1. The zero-order chi connectivity index (χ0) is 16.2. The summed E-state index contributed by atoms with van der Waals surface area (Å²) in [5.74, 6) is 0.493. The predicted molar refractivity (Wildman–Crippen MR) is 92.6 cm³/mol. The third-order valence-electron chi connectivity index (χ3n) is 3.31. The lowest BCUT2D eigenvalue weighted by molar-refractivity contribution is 0.373. The first kappa shape index (κ1) is 15.1. The van der Waals surface area contributed by atoms with Gasteiger partial charge in [-0.2, -0.15) is 5.10 Å². The largest absolute Gasteiger partial charge is 0.504 e. The minimum Gasteiger partial charge on any atom is -0.504 e. The molecule has 2 aromatic carbocycles. The van der Waals surface area contributed by atoms with E-state index in [1.165, 1.54) is 7.11 Å². The Morgan fingerprint density at radius 1 is 1.22 bits per heavy atom. The fourth-order valence-corrected chi connectivity index (χ4v) is 2.35. The van der Waals surface area contributed by atoms with Gasteiger partial charge in [0.25, 0.3) is 0 Å². The van der Waals surface area contributed by atoms with Gasteiger partial charge in [0.1, 0.15) is 0 Å². The fourth-order valence-electron chi connectivity index (χ4n) is 2.18. The smallest absolute Gasteiger partial charge is 0.160 e. The number of hydrazone groups is 1. The Labute approximate surface area is 138 Å². The Hall–Kier alpha value is -2.79. The first-order valence-corrected chi connectivity index (χ1v) is 7.25. The quantitative estimate of drug-likeness (QED) is 0.560. The fraction of sp³-hybridized carbons (Fsp3) is 0.0588. The van der Waals surface area contributed by atoms with Crippen LogP contribution in [0, 0.1) is 0 Å². The van der Waals surface area contributed by atoms with Crippen LogP contribution in [0.1, 0.15) is 5.56 Å². The number of rotatable bonds is 4. The number of benzene rings is 2. The maximum Gasteiger partial charge on any atom is 0.160 e. The van der Waals surface area contributed by atoms with Crippen LogP contribution in [-0.4, -0.2) is 23.4 Å². The standard InChI is InChI=1S/C17H14ClN3O2/c1-23-17-5-2-11(8-16(17)22)10-20-21-14-6-7-19-15-9-12(18)3-4-13(14)15/h2-10,22H,1H3,(H,19,21)/b20-10-. The van der Waals surface area contributed by atoms with Gasteiger partial charge in [-0.1, -0.05) is 11.6 Å². The molecule has 0 spiro atoms. The highest BCUT2D eigenvalue weighted by Crippen LogP contribution is 2.26. The molecular weight excluding hydrogens is 314 g/mol. The van der Waals surface area contributed by atoms with Crippen LogP contribution in [0.15, 0.2) is 53.8 Å². The number of nitrogens with one attached hydrogen (secondary N) is 1. The first-order chi connectivity index (χ1) is 11.2. The molecule has 0 aliphatic heterocycles. The molecule has 0 unspecified atom stereocenters. The van der Waals surface area contributed by atoms with Crippen molar-refractivity contribution in [2.45, 2.75) is 0 Å². The summed E-state index contributed by atoms with van der Waals surface area (Å²) in [7, 11) is 1.51. The number of methoxy groups -OCH3 is 1. The van der Waals surface area contributed by atoms with Crippen LogP contribution in [0.5, 0.6) is 11.5 Å². The maximum absolute atomic E-state index is 9.75. The summed E-state index contributed by atoms with van der Waals surface area (Å²) in [5.41, 5.74) is 5.34. The van der Waals surface area contributed by atoms with Crippen molar-refractivity contribution in [3.05, 3.63) is 59.2 Å². The van der Waals surface area contributed by atoms with Gasteiger partial charge in [0, 0.05) is 16.6 Å². The van der Waals surface area contributed by atoms with E-state index in [4.69, 9.17) is 16.3 Å². The highest BCUT2D eigenvalue weighted by Gasteiger charge is 2.02. The summed E-state index contributed by atoms with van der Waals surface area (Å²) in [6.45, 7) is 0. The first-order valence-electron chi connectivity index (χ1n) is 6.88. The minimum absolute atomic E-state index is 0.0699. The number of pyridine rings is 1. The summed E-state index contributed by atoms with van der Waals surface area (Å²) in [5, 5.41) is 15.5. The number of aromatic hydroxyl groups is 1. The molecule has 0 radical (unpaired) electrons. The van der Waals surface area contributed by atoms with Gasteiger partial charge in [-0.3, -0.25) is 10.4 Å². The molecule has 3 rings (SSSR count). The molecule has 6 heteroatoms. The van der Waals surface area contributed by atoms with Gasteiger partial charge < -0.3 is 9.84 Å². The summed E-state index contributed by atoms with van der Waals surface area (Å²) < 4.78 is 5.00. The molecule has 2 N–H and O–H groups in total. The van der Waals surface area contributed by atoms with Gasteiger partial charge >= 0.3 is 0 Å². The van der Waals surface area contributed by atoms with Crippen molar-refractivity contribution < 1.29 is 9.84 Å². The zero-order valence-electron chi connectivity index (χ0n) is 12.3.